The Morgan fingerprint density at radius 3 is 2.29 bits per heavy atom. The first kappa shape index (κ1) is 16.1. The Balaban J connectivity index is 1.89. The van der Waals surface area contributed by atoms with E-state index in [-0.39, 0.29) is 18.1 Å². The van der Waals surface area contributed by atoms with Gasteiger partial charge in [0.15, 0.2) is 9.84 Å². The monoisotopic (exact) mass is 318 g/mol. The highest BCUT2D eigenvalue weighted by Gasteiger charge is 2.43. The summed E-state index contributed by atoms with van der Waals surface area (Å²) < 4.78 is 23.0. The third kappa shape index (κ3) is 3.66. The zero-order valence-electron chi connectivity index (χ0n) is 12.1. The predicted molar refractivity (Wildman–Crippen MR) is 76.7 cm³/mol. The quantitative estimate of drug-likeness (QED) is 0.699. The van der Waals surface area contributed by atoms with Crippen molar-refractivity contribution < 1.29 is 23.1 Å². The van der Waals surface area contributed by atoms with Crippen molar-refractivity contribution in [1.29, 1.82) is 0 Å². The second-order valence-corrected chi connectivity index (χ2v) is 8.69. The molecule has 1 unspecified atom stereocenters. The standard InChI is InChI=1S/C13H22N2O5S/c1-12(6-7-21(19,20)9-12)15-11(18)14-8-13(10(16)17)4-2-3-5-13/h2-9H2,1H3,(H,16,17)(H2,14,15,18). The number of carbonyl (C=O) groups is 2. The number of aliphatic carboxylic acids is 1. The average molecular weight is 318 g/mol. The number of carboxylic acids is 1. The van der Waals surface area contributed by atoms with Crippen LogP contribution in [0.2, 0.25) is 0 Å². The number of rotatable bonds is 4. The van der Waals surface area contributed by atoms with Crippen LogP contribution >= 0.6 is 0 Å². The van der Waals surface area contributed by atoms with Gasteiger partial charge in [-0.2, -0.15) is 0 Å². The minimum absolute atomic E-state index is 0.0719. The highest BCUT2D eigenvalue weighted by Crippen LogP contribution is 2.37. The van der Waals surface area contributed by atoms with Crippen LogP contribution in [0.3, 0.4) is 0 Å². The molecule has 120 valence electrons. The maximum Gasteiger partial charge on any atom is 0.315 e. The smallest absolute Gasteiger partial charge is 0.315 e. The summed E-state index contributed by atoms with van der Waals surface area (Å²) in [7, 11) is -3.09. The molecule has 0 bridgehead atoms. The Kier molecular flexibility index (Phi) is 4.19. The number of amides is 2. The van der Waals surface area contributed by atoms with Gasteiger partial charge in [-0.05, 0) is 26.2 Å². The maximum absolute atomic E-state index is 11.9. The molecule has 3 N–H and O–H groups in total. The summed E-state index contributed by atoms with van der Waals surface area (Å²) in [5.41, 5.74) is -1.64. The van der Waals surface area contributed by atoms with Gasteiger partial charge in [-0.3, -0.25) is 4.79 Å². The molecule has 0 radical (unpaired) electrons. The molecule has 0 aromatic rings. The van der Waals surface area contributed by atoms with Gasteiger partial charge in [0, 0.05) is 6.54 Å². The van der Waals surface area contributed by atoms with Gasteiger partial charge in [0.05, 0.1) is 22.5 Å². The molecule has 2 aliphatic rings. The molecule has 0 aromatic heterocycles. The van der Waals surface area contributed by atoms with E-state index < -0.39 is 32.8 Å². The van der Waals surface area contributed by atoms with Gasteiger partial charge in [-0.15, -0.1) is 0 Å². The van der Waals surface area contributed by atoms with Crippen molar-refractivity contribution in [2.75, 3.05) is 18.1 Å². The first-order valence-electron chi connectivity index (χ1n) is 7.16. The minimum atomic E-state index is -3.09. The molecule has 2 fully saturated rings. The van der Waals surface area contributed by atoms with E-state index in [2.05, 4.69) is 10.6 Å². The van der Waals surface area contributed by atoms with Crippen LogP contribution in [0.25, 0.3) is 0 Å². The molecule has 2 rings (SSSR count). The first-order valence-corrected chi connectivity index (χ1v) is 8.99. The third-order valence-electron chi connectivity index (χ3n) is 4.52. The van der Waals surface area contributed by atoms with Gasteiger partial charge >= 0.3 is 12.0 Å². The lowest BCUT2D eigenvalue weighted by atomic mass is 9.86. The highest BCUT2D eigenvalue weighted by molar-refractivity contribution is 7.91. The summed E-state index contributed by atoms with van der Waals surface area (Å²) in [4.78, 5) is 23.3. The van der Waals surface area contributed by atoms with Crippen LogP contribution in [-0.2, 0) is 14.6 Å². The lowest BCUT2D eigenvalue weighted by molar-refractivity contribution is -0.148. The van der Waals surface area contributed by atoms with Gasteiger partial charge in [0.25, 0.3) is 0 Å². The number of nitrogens with one attached hydrogen (secondary N) is 2. The van der Waals surface area contributed by atoms with E-state index in [0.717, 1.165) is 12.8 Å². The van der Waals surface area contributed by atoms with Gasteiger partial charge in [0.2, 0.25) is 0 Å². The topological polar surface area (TPSA) is 113 Å². The zero-order valence-corrected chi connectivity index (χ0v) is 13.0. The molecule has 8 heteroatoms. The van der Waals surface area contributed by atoms with E-state index in [1.54, 1.807) is 6.92 Å². The Bertz CT molecular complexity index is 539. The normalized spacial score (nSPS) is 30.0. The predicted octanol–water partition coefficient (Wildman–Crippen LogP) is 0.508. The number of carboxylic acid groups (broad SMARTS) is 1. The van der Waals surface area contributed by atoms with Crippen LogP contribution in [0.1, 0.15) is 39.0 Å². The maximum atomic E-state index is 11.9. The van der Waals surface area contributed by atoms with Crippen molar-refractivity contribution in [2.24, 2.45) is 5.41 Å². The molecule has 1 aliphatic heterocycles. The second-order valence-electron chi connectivity index (χ2n) is 6.50. The fraction of sp³-hybridized carbons (Fsp3) is 0.846. The fourth-order valence-corrected chi connectivity index (χ4v) is 5.29. The van der Waals surface area contributed by atoms with Crippen LogP contribution in [-0.4, -0.2) is 49.1 Å². The molecule has 0 spiro atoms. The fourth-order valence-electron chi connectivity index (χ4n) is 3.19. The summed E-state index contributed by atoms with van der Waals surface area (Å²) in [6.07, 6.45) is 3.21. The molecule has 1 saturated heterocycles. The molecular formula is C13H22N2O5S. The van der Waals surface area contributed by atoms with Crippen LogP contribution in [0.5, 0.6) is 0 Å². The molecule has 1 heterocycles. The summed E-state index contributed by atoms with van der Waals surface area (Å²) in [6.45, 7) is 1.77. The van der Waals surface area contributed by atoms with Crippen molar-refractivity contribution in [3.8, 4) is 0 Å². The summed E-state index contributed by atoms with van der Waals surface area (Å²) >= 11 is 0. The van der Waals surface area contributed by atoms with Gasteiger partial charge in [-0.25, -0.2) is 13.2 Å². The molecular weight excluding hydrogens is 296 g/mol. The van der Waals surface area contributed by atoms with Gasteiger partial charge in [0.1, 0.15) is 0 Å². The Morgan fingerprint density at radius 2 is 1.81 bits per heavy atom. The van der Waals surface area contributed by atoms with E-state index in [0.29, 0.717) is 19.3 Å². The van der Waals surface area contributed by atoms with Crippen LogP contribution in [0.15, 0.2) is 0 Å². The molecule has 1 saturated carbocycles. The van der Waals surface area contributed by atoms with E-state index in [9.17, 15) is 23.1 Å². The van der Waals surface area contributed by atoms with Crippen molar-refractivity contribution in [3.05, 3.63) is 0 Å². The van der Waals surface area contributed by atoms with Crippen molar-refractivity contribution in [3.63, 3.8) is 0 Å². The molecule has 21 heavy (non-hydrogen) atoms. The Labute approximate surface area is 124 Å². The Hall–Kier alpha value is -1.31. The summed E-state index contributed by atoms with van der Waals surface area (Å²) in [5.74, 6) is -0.879. The van der Waals surface area contributed by atoms with Crippen LogP contribution in [0.4, 0.5) is 4.79 Å². The van der Waals surface area contributed by atoms with E-state index in [1.165, 1.54) is 0 Å². The minimum Gasteiger partial charge on any atom is -0.481 e. The molecule has 0 aromatic carbocycles. The van der Waals surface area contributed by atoms with E-state index >= 15 is 0 Å². The van der Waals surface area contributed by atoms with Crippen LogP contribution in [0, 0.1) is 5.41 Å². The Morgan fingerprint density at radius 1 is 1.19 bits per heavy atom. The lowest BCUT2D eigenvalue weighted by Gasteiger charge is -2.27. The van der Waals surface area contributed by atoms with Gasteiger partial charge in [-0.1, -0.05) is 12.8 Å². The number of sulfone groups is 1. The first-order chi connectivity index (χ1) is 9.67. The molecule has 2 amide bonds. The van der Waals surface area contributed by atoms with E-state index in [4.69, 9.17) is 0 Å². The van der Waals surface area contributed by atoms with Crippen molar-refractivity contribution >= 4 is 21.8 Å². The zero-order chi connectivity index (χ0) is 15.7. The van der Waals surface area contributed by atoms with E-state index in [1.807, 2.05) is 0 Å². The summed E-state index contributed by atoms with van der Waals surface area (Å²) in [5, 5.41) is 14.6. The van der Waals surface area contributed by atoms with Crippen molar-refractivity contribution in [2.45, 2.75) is 44.6 Å². The van der Waals surface area contributed by atoms with Gasteiger partial charge < -0.3 is 15.7 Å². The van der Waals surface area contributed by atoms with Crippen LogP contribution < -0.4 is 10.6 Å². The average Bonchev–Trinajstić information content (AvgIpc) is 2.93. The number of carbonyl (C=O) groups excluding carboxylic acids is 1. The lowest BCUT2D eigenvalue weighted by Crippen LogP contribution is -2.53. The SMILES string of the molecule is CC1(NC(=O)NCC2(C(=O)O)CCCC2)CCS(=O)(=O)C1. The second kappa shape index (κ2) is 5.47. The number of urea groups is 1. The highest BCUT2D eigenvalue weighted by atomic mass is 32.2. The third-order valence-corrected chi connectivity index (χ3v) is 6.42. The number of hydrogen-bond acceptors (Lipinski definition) is 4. The molecule has 1 aliphatic carbocycles. The molecule has 1 atom stereocenters. The molecule has 7 nitrogen and oxygen atoms in total. The largest absolute Gasteiger partial charge is 0.481 e. The van der Waals surface area contributed by atoms with Crippen molar-refractivity contribution in [1.82, 2.24) is 10.6 Å². The number of hydrogen-bond donors (Lipinski definition) is 3. The summed E-state index contributed by atoms with van der Waals surface area (Å²) in [6, 6.07) is -0.498.